The van der Waals surface area contributed by atoms with Crippen molar-refractivity contribution < 1.29 is 27.1 Å². The number of carbonyl (C=O) groups is 2. The highest BCUT2D eigenvalue weighted by atomic mass is 32.2. The second kappa shape index (κ2) is 10.2. The van der Waals surface area contributed by atoms with E-state index in [-0.39, 0.29) is 42.8 Å². The second-order valence-electron chi connectivity index (χ2n) is 8.39. The number of nitrogens with one attached hydrogen (secondary N) is 2. The molecule has 0 atom stereocenters. The van der Waals surface area contributed by atoms with Crippen LogP contribution in [0.15, 0.2) is 30.4 Å². The standard InChI is InChI=1S/C21H30FN3O5S/c1-15(2)14-30-18-12-16(8-9-17(18)22)21(3,4)24-31(28,29)11-7-5-6-10-25-13-19(26)23-20(25)27/h5-6,8-9,12,15,24H,7,10-11,13-14H2,1-4H3,(H,23,26,27)/b6-5+. The number of nitrogens with zero attached hydrogens (tertiary/aromatic N) is 1. The van der Waals surface area contributed by atoms with Crippen molar-refractivity contribution in [3.63, 3.8) is 0 Å². The smallest absolute Gasteiger partial charge is 0.324 e. The van der Waals surface area contributed by atoms with E-state index in [1.54, 1.807) is 26.0 Å². The first-order valence-electron chi connectivity index (χ1n) is 10.1. The number of hydrogen-bond acceptors (Lipinski definition) is 5. The van der Waals surface area contributed by atoms with Crippen LogP contribution in [0.4, 0.5) is 9.18 Å². The minimum Gasteiger partial charge on any atom is -0.490 e. The van der Waals surface area contributed by atoms with Crippen LogP contribution >= 0.6 is 0 Å². The molecule has 0 radical (unpaired) electrons. The molecule has 1 fully saturated rings. The molecule has 1 heterocycles. The van der Waals surface area contributed by atoms with Crippen molar-refractivity contribution in [3.8, 4) is 5.75 Å². The highest BCUT2D eigenvalue weighted by Crippen LogP contribution is 2.27. The third kappa shape index (κ3) is 7.62. The molecular formula is C21H30FN3O5S. The van der Waals surface area contributed by atoms with Crippen molar-refractivity contribution in [2.75, 3.05) is 25.4 Å². The van der Waals surface area contributed by atoms with E-state index in [4.69, 9.17) is 4.74 Å². The third-order valence-corrected chi connectivity index (χ3v) is 6.14. The first kappa shape index (κ1) is 24.8. The van der Waals surface area contributed by atoms with Crippen molar-refractivity contribution in [3.05, 3.63) is 41.7 Å². The molecule has 0 spiro atoms. The molecular weight excluding hydrogens is 425 g/mol. The Kier molecular flexibility index (Phi) is 8.19. The number of rotatable bonds is 11. The molecule has 0 aromatic heterocycles. The number of amides is 3. The number of hydrogen-bond donors (Lipinski definition) is 2. The van der Waals surface area contributed by atoms with Crippen LogP contribution < -0.4 is 14.8 Å². The topological polar surface area (TPSA) is 105 Å². The van der Waals surface area contributed by atoms with E-state index < -0.39 is 27.4 Å². The van der Waals surface area contributed by atoms with Crippen molar-refractivity contribution in [2.24, 2.45) is 5.92 Å². The Morgan fingerprint density at radius 1 is 1.29 bits per heavy atom. The summed E-state index contributed by atoms with van der Waals surface area (Å²) in [6.07, 6.45) is 3.54. The Labute approximate surface area is 182 Å². The van der Waals surface area contributed by atoms with Gasteiger partial charge in [0, 0.05) is 6.54 Å². The molecule has 0 aliphatic carbocycles. The molecule has 1 aromatic rings. The van der Waals surface area contributed by atoms with E-state index >= 15 is 0 Å². The molecule has 1 aliphatic rings. The summed E-state index contributed by atoms with van der Waals surface area (Å²) in [5, 5.41) is 2.17. The van der Waals surface area contributed by atoms with Gasteiger partial charge in [0.2, 0.25) is 15.9 Å². The molecule has 10 heteroatoms. The molecule has 1 saturated heterocycles. The lowest BCUT2D eigenvalue weighted by Crippen LogP contribution is -2.42. The Hall–Kier alpha value is -2.46. The Bertz CT molecular complexity index is 944. The molecule has 31 heavy (non-hydrogen) atoms. The maximum absolute atomic E-state index is 14.0. The van der Waals surface area contributed by atoms with Crippen LogP contribution in [-0.2, 0) is 20.4 Å². The van der Waals surface area contributed by atoms with Crippen LogP contribution in [0.1, 0.15) is 39.7 Å². The quantitative estimate of drug-likeness (QED) is 0.394. The summed E-state index contributed by atoms with van der Waals surface area (Å²) < 4.78 is 47.2. The first-order chi connectivity index (χ1) is 14.4. The minimum absolute atomic E-state index is 0.00222. The van der Waals surface area contributed by atoms with Gasteiger partial charge in [0.15, 0.2) is 11.6 Å². The zero-order chi connectivity index (χ0) is 23.2. The Balaban J connectivity index is 1.93. The highest BCUT2D eigenvalue weighted by molar-refractivity contribution is 7.89. The lowest BCUT2D eigenvalue weighted by atomic mass is 9.95. The van der Waals surface area contributed by atoms with Gasteiger partial charge < -0.3 is 9.64 Å². The summed E-state index contributed by atoms with van der Waals surface area (Å²) in [6.45, 7) is 7.88. The number of benzene rings is 1. The van der Waals surface area contributed by atoms with Crippen LogP contribution in [0.5, 0.6) is 5.75 Å². The van der Waals surface area contributed by atoms with Crippen molar-refractivity contribution in [1.29, 1.82) is 0 Å². The Morgan fingerprint density at radius 3 is 2.61 bits per heavy atom. The van der Waals surface area contributed by atoms with E-state index in [0.29, 0.717) is 12.2 Å². The van der Waals surface area contributed by atoms with E-state index in [2.05, 4.69) is 10.0 Å². The number of ether oxygens (including phenoxy) is 1. The van der Waals surface area contributed by atoms with E-state index in [9.17, 15) is 22.4 Å². The van der Waals surface area contributed by atoms with Gasteiger partial charge in [-0.2, -0.15) is 0 Å². The number of sulfonamides is 1. The highest BCUT2D eigenvalue weighted by Gasteiger charge is 2.28. The second-order valence-corrected chi connectivity index (χ2v) is 10.2. The van der Waals surface area contributed by atoms with Crippen molar-refractivity contribution >= 4 is 22.0 Å². The maximum Gasteiger partial charge on any atom is 0.324 e. The molecule has 2 N–H and O–H groups in total. The van der Waals surface area contributed by atoms with Gasteiger partial charge in [0.05, 0.1) is 17.9 Å². The van der Waals surface area contributed by atoms with E-state index in [0.717, 1.165) is 0 Å². The summed E-state index contributed by atoms with van der Waals surface area (Å²) in [7, 11) is -3.64. The number of imide groups is 1. The van der Waals surface area contributed by atoms with Crippen LogP contribution in [-0.4, -0.2) is 50.7 Å². The molecule has 0 unspecified atom stereocenters. The fourth-order valence-corrected chi connectivity index (χ4v) is 4.37. The van der Waals surface area contributed by atoms with Crippen molar-refractivity contribution in [1.82, 2.24) is 14.9 Å². The molecule has 8 nitrogen and oxygen atoms in total. The first-order valence-corrected chi connectivity index (χ1v) is 11.7. The number of allylic oxidation sites excluding steroid dienone is 1. The lowest BCUT2D eigenvalue weighted by molar-refractivity contribution is -0.118. The lowest BCUT2D eigenvalue weighted by Gasteiger charge is -2.27. The zero-order valence-corrected chi connectivity index (χ0v) is 19.1. The van der Waals surface area contributed by atoms with Gasteiger partial charge in [-0.3, -0.25) is 10.1 Å². The van der Waals surface area contributed by atoms with Gasteiger partial charge in [-0.1, -0.05) is 32.1 Å². The SMILES string of the molecule is CC(C)COc1cc(C(C)(C)NS(=O)(=O)CC/C=C/CN2CC(=O)NC2=O)ccc1F. The predicted molar refractivity (Wildman–Crippen MR) is 116 cm³/mol. The number of halogens is 1. The van der Waals surface area contributed by atoms with Gasteiger partial charge in [0.25, 0.3) is 0 Å². The summed E-state index contributed by atoms with van der Waals surface area (Å²) in [5.74, 6) is -0.697. The van der Waals surface area contributed by atoms with E-state index in [1.165, 1.54) is 23.1 Å². The summed E-state index contributed by atoms with van der Waals surface area (Å²) in [4.78, 5) is 23.9. The molecule has 3 amide bonds. The van der Waals surface area contributed by atoms with Crippen LogP contribution in [0.25, 0.3) is 0 Å². The van der Waals surface area contributed by atoms with Crippen LogP contribution in [0.3, 0.4) is 0 Å². The minimum atomic E-state index is -3.64. The van der Waals surface area contributed by atoms with Gasteiger partial charge in [-0.05, 0) is 43.9 Å². The summed E-state index contributed by atoms with van der Waals surface area (Å²) in [5.41, 5.74) is -0.392. The van der Waals surface area contributed by atoms with Gasteiger partial charge in [0.1, 0.15) is 6.54 Å². The molecule has 0 bridgehead atoms. The predicted octanol–water partition coefficient (Wildman–Crippen LogP) is 2.51. The average molecular weight is 456 g/mol. The molecule has 2 rings (SSSR count). The van der Waals surface area contributed by atoms with Crippen LogP contribution in [0.2, 0.25) is 0 Å². The van der Waals surface area contributed by atoms with Crippen LogP contribution in [0, 0.1) is 11.7 Å². The molecule has 1 aliphatic heterocycles. The average Bonchev–Trinajstić information content (AvgIpc) is 2.96. The zero-order valence-electron chi connectivity index (χ0n) is 18.3. The third-order valence-electron chi connectivity index (χ3n) is 4.55. The fraction of sp³-hybridized carbons (Fsp3) is 0.524. The van der Waals surface area contributed by atoms with E-state index in [1.807, 2.05) is 13.8 Å². The molecule has 172 valence electrons. The Morgan fingerprint density at radius 2 is 2.00 bits per heavy atom. The van der Waals surface area contributed by atoms with Crippen molar-refractivity contribution in [2.45, 2.75) is 39.7 Å². The maximum atomic E-state index is 14.0. The van der Waals surface area contributed by atoms with Gasteiger partial charge in [-0.25, -0.2) is 22.3 Å². The van der Waals surface area contributed by atoms with Gasteiger partial charge >= 0.3 is 6.03 Å². The fourth-order valence-electron chi connectivity index (χ4n) is 2.93. The molecule has 0 saturated carbocycles. The largest absolute Gasteiger partial charge is 0.490 e. The van der Waals surface area contributed by atoms with Gasteiger partial charge in [-0.15, -0.1) is 0 Å². The normalized spacial score (nSPS) is 15.2. The summed E-state index contributed by atoms with van der Waals surface area (Å²) >= 11 is 0. The monoisotopic (exact) mass is 455 g/mol. The molecule has 1 aromatic carbocycles. The summed E-state index contributed by atoms with van der Waals surface area (Å²) in [6, 6.07) is 3.86. The number of urea groups is 1. The number of carbonyl (C=O) groups excluding carboxylic acids is 2.